The number of hydrogen-bond acceptors (Lipinski definition) is 2. The standard InChI is InChI=1S/C29H49BrN2O2/c1-5-6-9-20-32(27(34)10-7-8-19-30)25-14-12-22-21-11-13-24-28(2,18-16-26(33)31(24)4)23(21)15-17-29(22,25)3/h21-25H,5-20H2,1-4H3/t21?,22?,23?,24-,25+,28-,29+/m1/s1. The Labute approximate surface area is 217 Å². The van der Waals surface area contributed by atoms with Crippen molar-refractivity contribution in [2.24, 2.45) is 28.6 Å². The Kier molecular flexibility index (Phi) is 8.42. The average molecular weight is 538 g/mol. The summed E-state index contributed by atoms with van der Waals surface area (Å²) in [7, 11) is 2.05. The first-order chi connectivity index (χ1) is 16.3. The Morgan fingerprint density at radius 1 is 1.00 bits per heavy atom. The Bertz CT molecular complexity index is 744. The van der Waals surface area contributed by atoms with E-state index in [0.717, 1.165) is 61.7 Å². The fourth-order valence-corrected chi connectivity index (χ4v) is 9.53. The number of rotatable bonds is 9. The lowest BCUT2D eigenvalue weighted by Crippen LogP contribution is -2.62. The fraction of sp³-hybridized carbons (Fsp3) is 0.931. The maximum atomic E-state index is 13.5. The van der Waals surface area contributed by atoms with Gasteiger partial charge < -0.3 is 9.80 Å². The molecule has 3 aliphatic carbocycles. The molecule has 0 aromatic heterocycles. The highest BCUT2D eigenvalue weighted by Gasteiger charge is 2.62. The summed E-state index contributed by atoms with van der Waals surface area (Å²) in [5.74, 6) is 3.01. The molecule has 194 valence electrons. The van der Waals surface area contributed by atoms with E-state index in [1.165, 1.54) is 51.4 Å². The van der Waals surface area contributed by atoms with Gasteiger partial charge in [0.1, 0.15) is 0 Å². The Balaban J connectivity index is 1.52. The Hall–Kier alpha value is -0.580. The zero-order valence-corrected chi connectivity index (χ0v) is 23.9. The minimum atomic E-state index is 0.262. The van der Waals surface area contributed by atoms with Crippen LogP contribution < -0.4 is 0 Å². The third-order valence-corrected chi connectivity index (χ3v) is 11.5. The largest absolute Gasteiger partial charge is 0.342 e. The van der Waals surface area contributed by atoms with Crippen LogP contribution in [0, 0.1) is 28.6 Å². The van der Waals surface area contributed by atoms with E-state index < -0.39 is 0 Å². The molecule has 0 aromatic carbocycles. The van der Waals surface area contributed by atoms with Gasteiger partial charge in [-0.3, -0.25) is 9.59 Å². The zero-order chi connectivity index (χ0) is 24.5. The van der Waals surface area contributed by atoms with E-state index in [0.29, 0.717) is 30.3 Å². The lowest BCUT2D eigenvalue weighted by molar-refractivity contribution is -0.159. The second kappa shape index (κ2) is 10.8. The van der Waals surface area contributed by atoms with Gasteiger partial charge in [-0.05, 0) is 92.8 Å². The smallest absolute Gasteiger partial charge is 0.222 e. The molecule has 3 saturated carbocycles. The van der Waals surface area contributed by atoms with Crippen LogP contribution in [0.2, 0.25) is 0 Å². The summed E-state index contributed by atoms with van der Waals surface area (Å²) in [5, 5.41) is 0.989. The van der Waals surface area contributed by atoms with Crippen LogP contribution in [0.15, 0.2) is 0 Å². The topological polar surface area (TPSA) is 40.6 Å². The summed E-state index contributed by atoms with van der Waals surface area (Å²) < 4.78 is 0. The van der Waals surface area contributed by atoms with Crippen LogP contribution in [0.5, 0.6) is 0 Å². The highest BCUT2D eigenvalue weighted by atomic mass is 79.9. The van der Waals surface area contributed by atoms with Gasteiger partial charge in [0.15, 0.2) is 0 Å². The van der Waals surface area contributed by atoms with Gasteiger partial charge >= 0.3 is 0 Å². The molecule has 3 unspecified atom stereocenters. The summed E-state index contributed by atoms with van der Waals surface area (Å²) in [6.07, 6.45) is 15.6. The minimum Gasteiger partial charge on any atom is -0.342 e. The van der Waals surface area contributed by atoms with E-state index in [1.54, 1.807) is 0 Å². The van der Waals surface area contributed by atoms with E-state index in [1.807, 2.05) is 0 Å². The quantitative estimate of drug-likeness (QED) is 0.240. The van der Waals surface area contributed by atoms with Gasteiger partial charge in [0.2, 0.25) is 11.8 Å². The molecule has 5 heteroatoms. The summed E-state index contributed by atoms with van der Waals surface area (Å²) in [5.41, 5.74) is 0.537. The number of likely N-dealkylation sites (tertiary alicyclic amines) is 1. The molecule has 4 fully saturated rings. The van der Waals surface area contributed by atoms with Crippen molar-refractivity contribution in [1.82, 2.24) is 9.80 Å². The van der Waals surface area contributed by atoms with Gasteiger partial charge in [-0.25, -0.2) is 0 Å². The number of fused-ring (bicyclic) bond motifs is 5. The third kappa shape index (κ3) is 4.61. The second-order valence-corrected chi connectivity index (χ2v) is 13.4. The molecule has 4 nitrogen and oxygen atoms in total. The van der Waals surface area contributed by atoms with Crippen molar-refractivity contribution in [3.05, 3.63) is 0 Å². The van der Waals surface area contributed by atoms with Crippen LogP contribution in [0.4, 0.5) is 0 Å². The summed E-state index contributed by atoms with van der Waals surface area (Å²) in [6.45, 7) is 8.27. The molecule has 0 spiro atoms. The summed E-state index contributed by atoms with van der Waals surface area (Å²) in [4.78, 5) is 30.4. The predicted molar refractivity (Wildman–Crippen MR) is 143 cm³/mol. The normalized spacial score (nSPS) is 39.4. The molecular formula is C29H49BrN2O2. The number of piperidine rings is 1. The van der Waals surface area contributed by atoms with Crippen molar-refractivity contribution < 1.29 is 9.59 Å². The van der Waals surface area contributed by atoms with Gasteiger partial charge in [0.05, 0.1) is 0 Å². The molecule has 4 rings (SSSR count). The summed E-state index contributed by atoms with van der Waals surface area (Å²) >= 11 is 3.53. The van der Waals surface area contributed by atoms with E-state index >= 15 is 0 Å². The van der Waals surface area contributed by atoms with Crippen molar-refractivity contribution >= 4 is 27.7 Å². The van der Waals surface area contributed by atoms with Crippen LogP contribution in [0.25, 0.3) is 0 Å². The number of nitrogens with zero attached hydrogens (tertiary/aromatic N) is 2. The molecule has 0 bridgehead atoms. The van der Waals surface area contributed by atoms with Crippen molar-refractivity contribution in [2.75, 3.05) is 18.9 Å². The molecular weight excluding hydrogens is 488 g/mol. The maximum absolute atomic E-state index is 13.5. The van der Waals surface area contributed by atoms with E-state index in [-0.39, 0.29) is 10.8 Å². The van der Waals surface area contributed by atoms with Gasteiger partial charge in [0.25, 0.3) is 0 Å². The van der Waals surface area contributed by atoms with Crippen molar-refractivity contribution in [1.29, 1.82) is 0 Å². The van der Waals surface area contributed by atoms with Crippen LogP contribution in [0.1, 0.15) is 111 Å². The number of carbonyl (C=O) groups is 2. The molecule has 4 aliphatic rings. The highest BCUT2D eigenvalue weighted by Crippen LogP contribution is 2.65. The lowest BCUT2D eigenvalue weighted by Gasteiger charge is -2.62. The van der Waals surface area contributed by atoms with Gasteiger partial charge in [-0.2, -0.15) is 0 Å². The van der Waals surface area contributed by atoms with Crippen LogP contribution in [0.3, 0.4) is 0 Å². The van der Waals surface area contributed by atoms with E-state index in [4.69, 9.17) is 0 Å². The first kappa shape index (κ1) is 26.5. The van der Waals surface area contributed by atoms with Gasteiger partial charge in [0, 0.05) is 43.8 Å². The van der Waals surface area contributed by atoms with Crippen molar-refractivity contribution in [3.63, 3.8) is 0 Å². The van der Waals surface area contributed by atoms with Crippen LogP contribution in [-0.4, -0.2) is 52.6 Å². The number of hydrogen-bond donors (Lipinski definition) is 0. The monoisotopic (exact) mass is 536 g/mol. The molecule has 0 radical (unpaired) electrons. The maximum Gasteiger partial charge on any atom is 0.222 e. The first-order valence-corrected chi connectivity index (χ1v) is 15.5. The lowest BCUT2D eigenvalue weighted by atomic mass is 9.47. The molecule has 1 heterocycles. The first-order valence-electron chi connectivity index (χ1n) is 14.4. The summed E-state index contributed by atoms with van der Waals surface area (Å²) in [6, 6.07) is 0.853. The fourth-order valence-electron chi connectivity index (χ4n) is 9.14. The number of unbranched alkanes of at least 4 members (excludes halogenated alkanes) is 3. The Morgan fingerprint density at radius 3 is 2.50 bits per heavy atom. The molecule has 2 amide bonds. The number of alkyl halides is 1. The molecule has 0 N–H and O–H groups in total. The number of carbonyl (C=O) groups excluding carboxylic acids is 2. The van der Waals surface area contributed by atoms with Crippen LogP contribution in [-0.2, 0) is 9.59 Å². The minimum absolute atomic E-state index is 0.262. The van der Waals surface area contributed by atoms with E-state index in [9.17, 15) is 9.59 Å². The second-order valence-electron chi connectivity index (χ2n) is 12.6. The van der Waals surface area contributed by atoms with E-state index in [2.05, 4.69) is 53.5 Å². The molecule has 34 heavy (non-hydrogen) atoms. The Morgan fingerprint density at radius 2 is 1.76 bits per heavy atom. The predicted octanol–water partition coefficient (Wildman–Crippen LogP) is 6.80. The molecule has 0 aromatic rings. The third-order valence-electron chi connectivity index (χ3n) is 11.0. The number of amides is 2. The van der Waals surface area contributed by atoms with Gasteiger partial charge in [-0.15, -0.1) is 0 Å². The SMILES string of the molecule is CCCCCN(C(=O)CCCCBr)[C@H]1CCC2C3CC[C@H]4N(C)C(=O)CC[C@]4(C)C3CC[C@@]21C. The van der Waals surface area contributed by atoms with Crippen LogP contribution >= 0.6 is 15.9 Å². The molecule has 7 atom stereocenters. The zero-order valence-electron chi connectivity index (χ0n) is 22.3. The van der Waals surface area contributed by atoms with Crippen molar-refractivity contribution in [3.8, 4) is 0 Å². The highest BCUT2D eigenvalue weighted by molar-refractivity contribution is 9.09. The average Bonchev–Trinajstić information content (AvgIpc) is 3.16. The molecule has 1 aliphatic heterocycles. The van der Waals surface area contributed by atoms with Gasteiger partial charge in [-0.1, -0.05) is 49.5 Å². The van der Waals surface area contributed by atoms with Crippen molar-refractivity contribution in [2.45, 2.75) is 123 Å². The molecule has 1 saturated heterocycles. The number of halogens is 1.